The molecule has 0 fully saturated rings. The second-order valence-corrected chi connectivity index (χ2v) is 5.40. The lowest BCUT2D eigenvalue weighted by Crippen LogP contribution is -2.31. The Kier molecular flexibility index (Phi) is 2.85. The summed E-state index contributed by atoms with van der Waals surface area (Å²) in [7, 11) is 0. The van der Waals surface area contributed by atoms with Crippen LogP contribution in [0, 0.1) is 0 Å². The maximum Gasteiger partial charge on any atom is 0.212 e. The van der Waals surface area contributed by atoms with Gasteiger partial charge in [-0.1, -0.05) is 43.3 Å². The monoisotopic (exact) mass is 291 g/mol. The molecular weight excluding hydrogens is 274 g/mol. The molecule has 0 aliphatic carbocycles. The molecular formula is C17H17N5. The second kappa shape index (κ2) is 4.87. The number of para-hydroxylation sites is 2. The van der Waals surface area contributed by atoms with Gasteiger partial charge in [0.1, 0.15) is 0 Å². The van der Waals surface area contributed by atoms with Gasteiger partial charge in [-0.15, -0.1) is 0 Å². The van der Waals surface area contributed by atoms with Crippen LogP contribution in [0.2, 0.25) is 0 Å². The van der Waals surface area contributed by atoms with E-state index in [0.29, 0.717) is 5.96 Å². The summed E-state index contributed by atoms with van der Waals surface area (Å²) in [6, 6.07) is 16.6. The van der Waals surface area contributed by atoms with Crippen LogP contribution >= 0.6 is 0 Å². The third-order valence-corrected chi connectivity index (χ3v) is 4.03. The number of nitrogens with zero attached hydrogens (tertiary/aromatic N) is 3. The normalized spacial score (nSPS) is 17.0. The third kappa shape index (κ3) is 1.94. The maximum atomic E-state index is 5.94. The number of imidazole rings is 1. The molecule has 3 aromatic rings. The van der Waals surface area contributed by atoms with Gasteiger partial charge in [-0.3, -0.25) is 9.88 Å². The average Bonchev–Trinajstić information content (AvgIpc) is 2.92. The molecule has 5 heteroatoms. The van der Waals surface area contributed by atoms with E-state index in [-0.39, 0.29) is 6.17 Å². The van der Waals surface area contributed by atoms with E-state index in [1.54, 1.807) is 0 Å². The number of hydrogen-bond acceptors (Lipinski definition) is 4. The molecule has 0 spiro atoms. The molecule has 0 saturated heterocycles. The summed E-state index contributed by atoms with van der Waals surface area (Å²) >= 11 is 0. The van der Waals surface area contributed by atoms with Crippen LogP contribution in [0.3, 0.4) is 0 Å². The van der Waals surface area contributed by atoms with Gasteiger partial charge in [-0.25, -0.2) is 9.98 Å². The summed E-state index contributed by atoms with van der Waals surface area (Å²) in [5.41, 5.74) is 10.3. The van der Waals surface area contributed by atoms with Crippen LogP contribution in [0.1, 0.15) is 24.2 Å². The number of fused-ring (bicyclic) bond motifs is 3. The fourth-order valence-corrected chi connectivity index (χ4v) is 2.87. The number of aliphatic imine (C=N–C) groups is 1. The Morgan fingerprint density at radius 1 is 1.14 bits per heavy atom. The minimum atomic E-state index is -0.186. The van der Waals surface area contributed by atoms with Gasteiger partial charge >= 0.3 is 0 Å². The zero-order valence-corrected chi connectivity index (χ0v) is 12.3. The molecule has 3 N–H and O–H groups in total. The lowest BCUT2D eigenvalue weighted by atomic mass is 10.1. The predicted octanol–water partition coefficient (Wildman–Crippen LogP) is 2.89. The first kappa shape index (κ1) is 12.9. The van der Waals surface area contributed by atoms with E-state index >= 15 is 0 Å². The molecule has 2 heterocycles. The average molecular weight is 291 g/mol. The van der Waals surface area contributed by atoms with Crippen molar-refractivity contribution in [2.75, 3.05) is 5.32 Å². The lowest BCUT2D eigenvalue weighted by Gasteiger charge is -2.24. The first-order chi connectivity index (χ1) is 10.8. The number of anilines is 1. The van der Waals surface area contributed by atoms with Gasteiger partial charge in [-0.2, -0.15) is 0 Å². The number of rotatable bonds is 2. The number of nitrogens with two attached hydrogens (primary N) is 1. The first-order valence-corrected chi connectivity index (χ1v) is 7.42. The van der Waals surface area contributed by atoms with Gasteiger partial charge in [0.25, 0.3) is 0 Å². The predicted molar refractivity (Wildman–Crippen MR) is 88.9 cm³/mol. The quantitative estimate of drug-likeness (QED) is 0.763. The number of hydrogen-bond donors (Lipinski definition) is 2. The van der Waals surface area contributed by atoms with E-state index in [0.717, 1.165) is 29.0 Å². The first-order valence-electron chi connectivity index (χ1n) is 7.42. The Balaban J connectivity index is 1.89. The summed E-state index contributed by atoms with van der Waals surface area (Å²) < 4.78 is 2.09. The number of nitrogens with one attached hydrogen (secondary N) is 1. The molecule has 110 valence electrons. The van der Waals surface area contributed by atoms with Gasteiger partial charge in [0.15, 0.2) is 12.1 Å². The van der Waals surface area contributed by atoms with Crippen LogP contribution in [0.4, 0.5) is 5.95 Å². The van der Waals surface area contributed by atoms with Crippen molar-refractivity contribution in [2.45, 2.75) is 19.5 Å². The zero-order chi connectivity index (χ0) is 15.1. The van der Waals surface area contributed by atoms with Crippen molar-refractivity contribution in [3.05, 3.63) is 59.7 Å². The second-order valence-electron chi connectivity index (χ2n) is 5.40. The molecule has 1 atom stereocenters. The van der Waals surface area contributed by atoms with Crippen molar-refractivity contribution in [2.24, 2.45) is 10.7 Å². The largest absolute Gasteiger partial charge is 0.370 e. The molecule has 4 rings (SSSR count). The van der Waals surface area contributed by atoms with Crippen molar-refractivity contribution >= 4 is 22.9 Å². The fourth-order valence-electron chi connectivity index (χ4n) is 2.87. The molecule has 22 heavy (non-hydrogen) atoms. The van der Waals surface area contributed by atoms with Crippen LogP contribution in [0.5, 0.6) is 0 Å². The molecule has 1 aliphatic rings. The Labute approximate surface area is 128 Å². The van der Waals surface area contributed by atoms with Gasteiger partial charge in [0, 0.05) is 0 Å². The van der Waals surface area contributed by atoms with Crippen molar-refractivity contribution < 1.29 is 0 Å². The van der Waals surface area contributed by atoms with E-state index in [9.17, 15) is 0 Å². The number of aryl methyl sites for hydroxylation is 1. The van der Waals surface area contributed by atoms with E-state index in [1.807, 2.05) is 18.2 Å². The standard InChI is InChI=1S/C17H17N5/c1-2-11-7-9-12(10-8-11)15-20-16(18)21-17-19-13-5-3-4-6-14(13)22(15)17/h3-10,15H,2H2,1H3,(H3,18,19,20,21)/t15-/m1/s1. The highest BCUT2D eigenvalue weighted by Gasteiger charge is 2.24. The van der Waals surface area contributed by atoms with Gasteiger partial charge in [0.2, 0.25) is 5.95 Å². The summed E-state index contributed by atoms with van der Waals surface area (Å²) in [6.45, 7) is 2.15. The topological polar surface area (TPSA) is 68.2 Å². The summed E-state index contributed by atoms with van der Waals surface area (Å²) in [5, 5.41) is 3.05. The Bertz CT molecular complexity index is 860. The highest BCUT2D eigenvalue weighted by atomic mass is 15.4. The highest BCUT2D eigenvalue weighted by molar-refractivity contribution is 5.94. The minimum Gasteiger partial charge on any atom is -0.370 e. The van der Waals surface area contributed by atoms with Crippen LogP contribution in [0.25, 0.3) is 11.0 Å². The van der Waals surface area contributed by atoms with Crippen LogP contribution < -0.4 is 11.1 Å². The smallest absolute Gasteiger partial charge is 0.212 e. The fraction of sp³-hybridized carbons (Fsp3) is 0.176. The highest BCUT2D eigenvalue weighted by Crippen LogP contribution is 2.32. The van der Waals surface area contributed by atoms with E-state index < -0.39 is 0 Å². The molecule has 1 aromatic heterocycles. The van der Waals surface area contributed by atoms with Crippen molar-refractivity contribution in [1.82, 2.24) is 9.55 Å². The number of benzene rings is 2. The third-order valence-electron chi connectivity index (χ3n) is 4.03. The molecule has 0 amide bonds. The Hall–Kier alpha value is -2.82. The molecule has 0 radical (unpaired) electrons. The summed E-state index contributed by atoms with van der Waals surface area (Å²) in [4.78, 5) is 9.18. The van der Waals surface area contributed by atoms with Crippen molar-refractivity contribution in [3.63, 3.8) is 0 Å². The molecule has 0 saturated carbocycles. The SMILES string of the molecule is CCc1ccc([C@@H]2N=C(N)Nc3nc4ccccc4n32)cc1. The van der Waals surface area contributed by atoms with Gasteiger partial charge in [0.05, 0.1) is 11.0 Å². The van der Waals surface area contributed by atoms with Crippen LogP contribution in [-0.2, 0) is 6.42 Å². The van der Waals surface area contributed by atoms with E-state index in [1.165, 1.54) is 5.56 Å². The minimum absolute atomic E-state index is 0.186. The molecule has 5 nitrogen and oxygen atoms in total. The Morgan fingerprint density at radius 3 is 2.68 bits per heavy atom. The lowest BCUT2D eigenvalue weighted by molar-refractivity contribution is 0.626. The summed E-state index contributed by atoms with van der Waals surface area (Å²) in [5.74, 6) is 1.13. The van der Waals surface area contributed by atoms with Crippen LogP contribution in [-0.4, -0.2) is 15.5 Å². The van der Waals surface area contributed by atoms with Gasteiger partial charge in [-0.05, 0) is 29.7 Å². The molecule has 0 unspecified atom stereocenters. The van der Waals surface area contributed by atoms with Crippen molar-refractivity contribution in [3.8, 4) is 0 Å². The van der Waals surface area contributed by atoms with Gasteiger partial charge < -0.3 is 5.73 Å². The number of aromatic nitrogens is 2. The molecule has 1 aliphatic heterocycles. The maximum absolute atomic E-state index is 5.94. The summed E-state index contributed by atoms with van der Waals surface area (Å²) in [6.07, 6.45) is 0.839. The van der Waals surface area contributed by atoms with Crippen LogP contribution in [0.15, 0.2) is 53.5 Å². The van der Waals surface area contributed by atoms with Crippen molar-refractivity contribution in [1.29, 1.82) is 0 Å². The van der Waals surface area contributed by atoms with E-state index in [2.05, 4.69) is 57.1 Å². The zero-order valence-electron chi connectivity index (χ0n) is 12.3. The molecule has 2 aromatic carbocycles. The number of guanidine groups is 1. The Morgan fingerprint density at radius 2 is 1.91 bits per heavy atom. The van der Waals surface area contributed by atoms with E-state index in [4.69, 9.17) is 5.73 Å². The molecule has 0 bridgehead atoms.